The molecule has 1 saturated heterocycles. The number of esters is 1. The molecule has 1 aliphatic rings. The van der Waals surface area contributed by atoms with E-state index in [1.54, 1.807) is 0 Å². The van der Waals surface area contributed by atoms with E-state index in [4.69, 9.17) is 20.8 Å². The van der Waals surface area contributed by atoms with Crippen molar-refractivity contribution in [2.45, 2.75) is 13.2 Å². The highest BCUT2D eigenvalue weighted by molar-refractivity contribution is 6.31. The molecule has 0 saturated carbocycles. The molecule has 1 fully saturated rings. The van der Waals surface area contributed by atoms with Gasteiger partial charge in [-0.2, -0.15) is 0 Å². The topological polar surface area (TPSA) is 141 Å². The molecule has 2 aromatic carbocycles. The monoisotopic (exact) mass is 529 g/mol. The number of amides is 3. The van der Waals surface area contributed by atoms with Gasteiger partial charge in [0, 0.05) is 16.7 Å². The first-order valence-electron chi connectivity index (χ1n) is 10.5. The molecule has 0 unspecified atom stereocenters. The summed E-state index contributed by atoms with van der Waals surface area (Å²) in [6, 6.07) is 9.72. The Kier molecular flexibility index (Phi) is 7.20. The lowest BCUT2D eigenvalue weighted by atomic mass is 10.1. The molecule has 4 rings (SSSR count). The molecular formula is C24H17ClFN3O8. The Morgan fingerprint density at radius 2 is 1.95 bits per heavy atom. The van der Waals surface area contributed by atoms with E-state index < -0.39 is 34.3 Å². The summed E-state index contributed by atoms with van der Waals surface area (Å²) in [5.74, 6) is -2.10. The van der Waals surface area contributed by atoms with E-state index in [1.807, 2.05) is 0 Å². The second kappa shape index (κ2) is 10.5. The van der Waals surface area contributed by atoms with Gasteiger partial charge in [0.1, 0.15) is 23.9 Å². The Bertz CT molecular complexity index is 1430. The van der Waals surface area contributed by atoms with E-state index in [2.05, 4.69) is 10.1 Å². The zero-order valence-corrected chi connectivity index (χ0v) is 19.8. The van der Waals surface area contributed by atoms with Crippen molar-refractivity contribution in [2.24, 2.45) is 0 Å². The van der Waals surface area contributed by atoms with E-state index in [0.29, 0.717) is 5.56 Å². The Labute approximate surface area is 213 Å². The van der Waals surface area contributed by atoms with Crippen molar-refractivity contribution in [2.75, 3.05) is 7.11 Å². The SMILES string of the molecule is COC(=O)c1ccc(CN2C(=O)N/C(=C\c3cc(Cl)cc([N+](=O)[O-])c3OCc3ccc(F)cc3)C2=O)o1. The molecule has 3 aromatic rings. The second-order valence-corrected chi connectivity index (χ2v) is 8.09. The number of halogens is 2. The van der Waals surface area contributed by atoms with E-state index in [9.17, 15) is 28.9 Å². The van der Waals surface area contributed by atoms with Crippen molar-refractivity contribution >= 4 is 41.3 Å². The van der Waals surface area contributed by atoms with Gasteiger partial charge < -0.3 is 19.2 Å². The lowest BCUT2D eigenvalue weighted by Crippen LogP contribution is -2.30. The lowest BCUT2D eigenvalue weighted by molar-refractivity contribution is -0.385. The molecule has 1 N–H and O–H groups in total. The Morgan fingerprint density at radius 3 is 2.62 bits per heavy atom. The van der Waals surface area contributed by atoms with Crippen molar-refractivity contribution in [3.63, 3.8) is 0 Å². The van der Waals surface area contributed by atoms with Crippen LogP contribution in [0.4, 0.5) is 14.9 Å². The lowest BCUT2D eigenvalue weighted by Gasteiger charge is -2.11. The van der Waals surface area contributed by atoms with Crippen LogP contribution < -0.4 is 10.1 Å². The van der Waals surface area contributed by atoms with Crippen LogP contribution in [0.2, 0.25) is 5.02 Å². The van der Waals surface area contributed by atoms with Crippen LogP contribution >= 0.6 is 11.6 Å². The molecule has 11 nitrogen and oxygen atoms in total. The van der Waals surface area contributed by atoms with Gasteiger partial charge in [0.25, 0.3) is 5.91 Å². The number of rotatable bonds is 8. The zero-order chi connectivity index (χ0) is 26.7. The number of nitrogens with one attached hydrogen (secondary N) is 1. The molecule has 0 radical (unpaired) electrons. The maximum Gasteiger partial charge on any atom is 0.373 e. The van der Waals surface area contributed by atoms with Crippen molar-refractivity contribution in [1.82, 2.24) is 10.2 Å². The van der Waals surface area contributed by atoms with Gasteiger partial charge in [-0.05, 0) is 42.0 Å². The van der Waals surface area contributed by atoms with E-state index in [0.717, 1.165) is 11.0 Å². The zero-order valence-electron chi connectivity index (χ0n) is 19.0. The molecule has 3 amide bonds. The van der Waals surface area contributed by atoms with Gasteiger partial charge in [0.15, 0.2) is 0 Å². The van der Waals surface area contributed by atoms with Crippen LogP contribution in [0.3, 0.4) is 0 Å². The highest BCUT2D eigenvalue weighted by atomic mass is 35.5. The number of benzene rings is 2. The summed E-state index contributed by atoms with van der Waals surface area (Å²) in [5.41, 5.74) is -0.0859. The van der Waals surface area contributed by atoms with Crippen molar-refractivity contribution in [1.29, 1.82) is 0 Å². The number of ether oxygens (including phenoxy) is 2. The van der Waals surface area contributed by atoms with Crippen molar-refractivity contribution < 1.29 is 37.6 Å². The van der Waals surface area contributed by atoms with Crippen molar-refractivity contribution in [3.05, 3.63) is 97.8 Å². The Morgan fingerprint density at radius 1 is 1.22 bits per heavy atom. The summed E-state index contributed by atoms with van der Waals surface area (Å²) in [6.45, 7) is -0.436. The van der Waals surface area contributed by atoms with Crippen LogP contribution in [0.25, 0.3) is 6.08 Å². The minimum Gasteiger partial charge on any atom is -0.482 e. The predicted molar refractivity (Wildman–Crippen MR) is 126 cm³/mol. The molecule has 2 heterocycles. The number of hydrogen-bond donors (Lipinski definition) is 1. The fraction of sp³-hybridized carbons (Fsp3) is 0.125. The summed E-state index contributed by atoms with van der Waals surface area (Å²) >= 11 is 6.06. The van der Waals surface area contributed by atoms with Gasteiger partial charge >= 0.3 is 17.7 Å². The largest absolute Gasteiger partial charge is 0.482 e. The molecule has 0 bridgehead atoms. The van der Waals surface area contributed by atoms with Gasteiger partial charge in [0.2, 0.25) is 11.5 Å². The minimum absolute atomic E-state index is 0.00719. The first kappa shape index (κ1) is 25.4. The number of methoxy groups -OCH3 is 1. The van der Waals surface area contributed by atoms with Crippen LogP contribution in [0, 0.1) is 15.9 Å². The van der Waals surface area contributed by atoms with E-state index in [1.165, 1.54) is 55.7 Å². The van der Waals surface area contributed by atoms with Gasteiger partial charge in [-0.3, -0.25) is 19.8 Å². The number of nitro benzene ring substituents is 1. The summed E-state index contributed by atoms with van der Waals surface area (Å²) in [4.78, 5) is 48.8. The average Bonchev–Trinajstić information content (AvgIpc) is 3.44. The highest BCUT2D eigenvalue weighted by Gasteiger charge is 2.35. The standard InChI is InChI=1S/C24H17ClFN3O8/c1-35-23(31)20-7-6-17(37-20)11-28-22(30)18(27-24(28)32)9-14-8-15(25)10-19(29(33)34)21(14)36-12-13-2-4-16(26)5-3-13/h2-10H,11-12H2,1H3,(H,27,32)/b18-9-. The number of imide groups is 1. The number of furan rings is 1. The van der Waals surface area contributed by atoms with Crippen LogP contribution in [-0.4, -0.2) is 34.8 Å². The molecular weight excluding hydrogens is 513 g/mol. The van der Waals surface area contributed by atoms with Gasteiger partial charge in [0.05, 0.1) is 18.6 Å². The van der Waals surface area contributed by atoms with Crippen LogP contribution in [-0.2, 0) is 22.7 Å². The van der Waals surface area contributed by atoms with Crippen molar-refractivity contribution in [3.8, 4) is 5.75 Å². The molecule has 37 heavy (non-hydrogen) atoms. The Balaban J connectivity index is 1.62. The number of urea groups is 1. The summed E-state index contributed by atoms with van der Waals surface area (Å²) in [6.07, 6.45) is 1.20. The maximum absolute atomic E-state index is 13.2. The predicted octanol–water partition coefficient (Wildman–Crippen LogP) is 4.44. The van der Waals surface area contributed by atoms with E-state index in [-0.39, 0.29) is 46.7 Å². The Hall–Kier alpha value is -4.71. The van der Waals surface area contributed by atoms with Crippen LogP contribution in [0.15, 0.2) is 58.6 Å². The fourth-order valence-corrected chi connectivity index (χ4v) is 3.66. The average molecular weight is 530 g/mol. The van der Waals surface area contributed by atoms with Crippen LogP contribution in [0.5, 0.6) is 5.75 Å². The normalized spacial score (nSPS) is 14.1. The summed E-state index contributed by atoms with van der Waals surface area (Å²) in [5, 5.41) is 14.1. The number of hydrogen-bond acceptors (Lipinski definition) is 8. The summed E-state index contributed by atoms with van der Waals surface area (Å²) < 4.78 is 28.7. The minimum atomic E-state index is -0.780. The molecule has 13 heteroatoms. The number of carbonyl (C=O) groups excluding carboxylic acids is 3. The van der Waals surface area contributed by atoms with E-state index >= 15 is 0 Å². The highest BCUT2D eigenvalue weighted by Crippen LogP contribution is 2.37. The van der Waals surface area contributed by atoms with Gasteiger partial charge in [-0.15, -0.1) is 0 Å². The molecule has 0 atom stereocenters. The first-order chi connectivity index (χ1) is 17.7. The summed E-state index contributed by atoms with van der Waals surface area (Å²) in [7, 11) is 1.18. The molecule has 0 spiro atoms. The fourth-order valence-electron chi connectivity index (χ4n) is 3.44. The third-order valence-corrected chi connectivity index (χ3v) is 5.40. The third kappa shape index (κ3) is 5.59. The first-order valence-corrected chi connectivity index (χ1v) is 10.9. The molecule has 190 valence electrons. The number of carbonyl (C=O) groups is 3. The molecule has 1 aliphatic heterocycles. The van der Waals surface area contributed by atoms with Crippen LogP contribution in [0.1, 0.15) is 27.4 Å². The maximum atomic E-state index is 13.2. The molecule has 1 aromatic heterocycles. The number of nitrogens with zero attached hydrogens (tertiary/aromatic N) is 2. The third-order valence-electron chi connectivity index (χ3n) is 5.18. The molecule has 0 aliphatic carbocycles. The quantitative estimate of drug-likeness (QED) is 0.148. The second-order valence-electron chi connectivity index (χ2n) is 7.65. The van der Waals surface area contributed by atoms with Gasteiger partial charge in [-0.1, -0.05) is 23.7 Å². The number of nitro groups is 1. The van der Waals surface area contributed by atoms with Gasteiger partial charge in [-0.25, -0.2) is 14.0 Å². The smallest absolute Gasteiger partial charge is 0.373 e.